The lowest BCUT2D eigenvalue weighted by molar-refractivity contribution is -0.144. The van der Waals surface area contributed by atoms with Gasteiger partial charge in [0.05, 0.1) is 6.04 Å². The highest BCUT2D eigenvalue weighted by molar-refractivity contribution is 7.09. The second kappa shape index (κ2) is 12.4. The van der Waals surface area contributed by atoms with Crippen molar-refractivity contribution in [1.29, 1.82) is 0 Å². The van der Waals surface area contributed by atoms with Gasteiger partial charge in [-0.1, -0.05) is 19.3 Å². The first-order valence-corrected chi connectivity index (χ1v) is 15.2. The van der Waals surface area contributed by atoms with Crippen molar-refractivity contribution in [3.63, 3.8) is 0 Å². The summed E-state index contributed by atoms with van der Waals surface area (Å²) in [5.41, 5.74) is -0.720. The molecule has 2 saturated heterocycles. The van der Waals surface area contributed by atoms with E-state index >= 15 is 0 Å². The molecule has 0 radical (unpaired) electrons. The number of piperazine rings is 1. The predicted octanol–water partition coefficient (Wildman–Crippen LogP) is 3.51. The van der Waals surface area contributed by atoms with E-state index in [2.05, 4.69) is 15.2 Å². The molecule has 3 amide bonds. The Kier molecular flexibility index (Phi) is 9.39. The quantitative estimate of drug-likeness (QED) is 0.503. The van der Waals surface area contributed by atoms with E-state index in [0.29, 0.717) is 18.1 Å². The van der Waals surface area contributed by atoms with Crippen molar-refractivity contribution >= 4 is 35.2 Å². The minimum absolute atomic E-state index is 0.0163. The van der Waals surface area contributed by atoms with Crippen LogP contribution in [0.4, 0.5) is 4.79 Å². The molecule has 4 rings (SSSR count). The van der Waals surface area contributed by atoms with E-state index in [1.54, 1.807) is 27.7 Å². The first kappa shape index (κ1) is 30.2. The summed E-state index contributed by atoms with van der Waals surface area (Å²) in [7, 11) is 1.52. The SMILES string of the molecule is CC(C(=O)NC(C(=O)N1C[C@H]2CCCN2C[C@H]1c1nc(C(=O)O)cs1)C1CCCCC1)N(C)C(=O)OC(C)(C)C. The average molecular weight is 578 g/mol. The Morgan fingerprint density at radius 2 is 1.82 bits per heavy atom. The second-order valence-corrected chi connectivity index (χ2v) is 13.2. The number of amides is 3. The molecule has 0 aromatic carbocycles. The summed E-state index contributed by atoms with van der Waals surface area (Å²) in [4.78, 5) is 61.9. The standard InChI is InChI=1S/C28H43N5O6S/c1-17(31(5)27(38)39-28(2,3)4)23(34)30-22(18-10-7-6-8-11-18)25(35)33-14-19-12-9-13-32(19)15-21(33)24-29-20(16-40-24)26(36)37/h16-19,21-22H,6-15H2,1-5H3,(H,30,34)(H,36,37)/t17?,19-,21+,22?/m1/s1. The number of nitrogens with one attached hydrogen (secondary N) is 1. The molecular weight excluding hydrogens is 534 g/mol. The van der Waals surface area contributed by atoms with E-state index in [9.17, 15) is 24.3 Å². The second-order valence-electron chi connectivity index (χ2n) is 12.3. The van der Waals surface area contributed by atoms with Crippen LogP contribution in [0.5, 0.6) is 0 Å². The number of aromatic carboxylic acids is 1. The maximum absolute atomic E-state index is 14.4. The third-order valence-corrected chi connectivity index (χ3v) is 9.27. The smallest absolute Gasteiger partial charge is 0.410 e. The molecule has 0 bridgehead atoms. The number of thiazole rings is 1. The monoisotopic (exact) mass is 577 g/mol. The minimum Gasteiger partial charge on any atom is -0.476 e. The molecule has 4 atom stereocenters. The minimum atomic E-state index is -1.09. The van der Waals surface area contributed by atoms with Gasteiger partial charge in [-0.25, -0.2) is 14.6 Å². The van der Waals surface area contributed by atoms with E-state index < -0.39 is 35.7 Å². The number of nitrogens with zero attached hydrogens (tertiary/aromatic N) is 4. The molecule has 3 heterocycles. The average Bonchev–Trinajstić information content (AvgIpc) is 3.59. The van der Waals surface area contributed by atoms with Gasteiger partial charge in [0.1, 0.15) is 22.7 Å². The van der Waals surface area contributed by atoms with Crippen LogP contribution in [0.1, 0.15) is 94.2 Å². The molecule has 1 saturated carbocycles. The molecule has 40 heavy (non-hydrogen) atoms. The molecule has 2 N–H and O–H groups in total. The van der Waals surface area contributed by atoms with Crippen molar-refractivity contribution in [2.75, 3.05) is 26.7 Å². The molecule has 1 aromatic heterocycles. The van der Waals surface area contributed by atoms with Crippen molar-refractivity contribution in [1.82, 2.24) is 25.0 Å². The number of carboxylic acid groups (broad SMARTS) is 1. The Hall–Kier alpha value is -2.73. The van der Waals surface area contributed by atoms with E-state index in [-0.39, 0.29) is 29.6 Å². The number of likely N-dealkylation sites (N-methyl/N-ethyl adjacent to an activating group) is 1. The molecule has 11 nitrogen and oxygen atoms in total. The normalized spacial score (nSPS) is 23.7. The number of aromatic nitrogens is 1. The summed E-state index contributed by atoms with van der Waals surface area (Å²) < 4.78 is 5.44. The fourth-order valence-electron chi connectivity index (χ4n) is 5.98. The number of carbonyl (C=O) groups excluding carboxylic acids is 3. The summed E-state index contributed by atoms with van der Waals surface area (Å²) in [6.45, 7) is 8.98. The van der Waals surface area contributed by atoms with Crippen molar-refractivity contribution < 1.29 is 29.0 Å². The van der Waals surface area contributed by atoms with Gasteiger partial charge in [0.25, 0.3) is 0 Å². The van der Waals surface area contributed by atoms with Gasteiger partial charge in [0.2, 0.25) is 11.8 Å². The Morgan fingerprint density at radius 1 is 1.12 bits per heavy atom. The molecule has 1 aromatic rings. The van der Waals surface area contributed by atoms with E-state index in [1.165, 1.54) is 28.7 Å². The van der Waals surface area contributed by atoms with Gasteiger partial charge in [-0.15, -0.1) is 11.3 Å². The highest BCUT2D eigenvalue weighted by Gasteiger charge is 2.44. The molecule has 0 spiro atoms. The van der Waals surface area contributed by atoms with Gasteiger partial charge >= 0.3 is 12.1 Å². The Balaban J connectivity index is 1.58. The fraction of sp³-hybridized carbons (Fsp3) is 0.750. The van der Waals surface area contributed by atoms with Crippen LogP contribution in [-0.2, 0) is 14.3 Å². The predicted molar refractivity (Wildman–Crippen MR) is 150 cm³/mol. The van der Waals surface area contributed by atoms with Gasteiger partial charge in [0, 0.05) is 31.6 Å². The lowest BCUT2D eigenvalue weighted by Crippen LogP contribution is -2.61. The van der Waals surface area contributed by atoms with Crippen LogP contribution in [-0.4, -0.2) is 99.1 Å². The first-order valence-electron chi connectivity index (χ1n) is 14.3. The van der Waals surface area contributed by atoms with Crippen LogP contribution in [0.3, 0.4) is 0 Å². The maximum atomic E-state index is 14.4. The van der Waals surface area contributed by atoms with Crippen LogP contribution in [0.2, 0.25) is 0 Å². The van der Waals surface area contributed by atoms with Gasteiger partial charge in [-0.3, -0.25) is 19.4 Å². The molecule has 2 unspecified atom stereocenters. The van der Waals surface area contributed by atoms with Crippen LogP contribution >= 0.6 is 11.3 Å². The Labute approximate surface area is 240 Å². The van der Waals surface area contributed by atoms with Crippen molar-refractivity contribution in [2.24, 2.45) is 5.92 Å². The topological polar surface area (TPSA) is 132 Å². The molecule has 12 heteroatoms. The van der Waals surface area contributed by atoms with Gasteiger partial charge < -0.3 is 20.1 Å². The van der Waals surface area contributed by atoms with Crippen LogP contribution in [0.15, 0.2) is 5.38 Å². The number of hydrogen-bond acceptors (Lipinski definition) is 8. The summed E-state index contributed by atoms with van der Waals surface area (Å²) >= 11 is 1.26. The first-order chi connectivity index (χ1) is 18.9. The lowest BCUT2D eigenvalue weighted by Gasteiger charge is -2.45. The van der Waals surface area contributed by atoms with Gasteiger partial charge in [-0.2, -0.15) is 0 Å². The lowest BCUT2D eigenvalue weighted by atomic mass is 9.82. The molecule has 3 fully saturated rings. The third kappa shape index (κ3) is 6.94. The maximum Gasteiger partial charge on any atom is 0.410 e. The number of carbonyl (C=O) groups is 4. The highest BCUT2D eigenvalue weighted by atomic mass is 32.1. The van der Waals surface area contributed by atoms with Gasteiger partial charge in [-0.05, 0) is 65.8 Å². The third-order valence-electron chi connectivity index (χ3n) is 8.33. The largest absolute Gasteiger partial charge is 0.476 e. The van der Waals surface area contributed by atoms with Crippen LogP contribution in [0.25, 0.3) is 0 Å². The zero-order valence-electron chi connectivity index (χ0n) is 24.2. The number of carboxylic acids is 1. The van der Waals surface area contributed by atoms with E-state index in [1.807, 2.05) is 4.90 Å². The number of hydrogen-bond donors (Lipinski definition) is 2. The van der Waals surface area contributed by atoms with Crippen molar-refractivity contribution in [3.05, 3.63) is 16.1 Å². The summed E-state index contributed by atoms with van der Waals surface area (Å²) in [6.07, 6.45) is 6.19. The van der Waals surface area contributed by atoms with E-state index in [4.69, 9.17) is 4.74 Å². The highest BCUT2D eigenvalue weighted by Crippen LogP contribution is 2.36. The van der Waals surface area contributed by atoms with Gasteiger partial charge in [0.15, 0.2) is 5.69 Å². The summed E-state index contributed by atoms with van der Waals surface area (Å²) in [5, 5.41) is 14.6. The zero-order chi connectivity index (χ0) is 29.2. The summed E-state index contributed by atoms with van der Waals surface area (Å²) in [6, 6.07) is -1.73. The molecule has 1 aliphatic carbocycles. The Bertz CT molecular complexity index is 1100. The Morgan fingerprint density at radius 3 is 2.45 bits per heavy atom. The van der Waals surface area contributed by atoms with Crippen molar-refractivity contribution in [3.8, 4) is 0 Å². The fourth-order valence-corrected chi connectivity index (χ4v) is 6.88. The molecule has 222 valence electrons. The van der Waals surface area contributed by atoms with Crippen LogP contribution < -0.4 is 5.32 Å². The molecule has 2 aliphatic heterocycles. The van der Waals surface area contributed by atoms with E-state index in [0.717, 1.165) is 51.5 Å². The number of ether oxygens (including phenoxy) is 1. The molecule has 3 aliphatic rings. The summed E-state index contributed by atoms with van der Waals surface area (Å²) in [5.74, 6) is -1.67. The number of fused-ring (bicyclic) bond motifs is 1. The van der Waals surface area contributed by atoms with Crippen LogP contribution in [0, 0.1) is 5.92 Å². The molecular formula is C28H43N5O6S. The zero-order valence-corrected chi connectivity index (χ0v) is 25.0. The number of rotatable bonds is 7. The van der Waals surface area contributed by atoms with Crippen molar-refractivity contribution in [2.45, 2.75) is 102 Å².